The largest absolute Gasteiger partial charge is 0.255 e. The van der Waals surface area contributed by atoms with Crippen molar-refractivity contribution < 1.29 is 8.78 Å². The fourth-order valence-corrected chi connectivity index (χ4v) is 2.33. The van der Waals surface area contributed by atoms with Crippen LogP contribution in [0, 0.1) is 18.6 Å². The minimum absolute atomic E-state index is 0.0441. The van der Waals surface area contributed by atoms with E-state index in [1.54, 1.807) is 25.3 Å². The second-order valence-corrected chi connectivity index (χ2v) is 4.78. The number of rotatable bonds is 1. The Morgan fingerprint density at radius 3 is 2.65 bits per heavy atom. The Labute approximate surface area is 119 Å². The second kappa shape index (κ2) is 4.80. The van der Waals surface area contributed by atoms with Crippen LogP contribution in [0.3, 0.4) is 0 Å². The van der Waals surface area contributed by atoms with Crippen LogP contribution < -0.4 is 0 Å². The van der Waals surface area contributed by atoms with E-state index in [0.29, 0.717) is 17.0 Å². The molecule has 3 aromatic rings. The number of aromatic nitrogens is 2. The second-order valence-electron chi connectivity index (χ2n) is 4.40. The highest BCUT2D eigenvalue weighted by Gasteiger charge is 2.16. The SMILES string of the molecule is Cc1c(-c2ccccn2)nc2c(F)cc(F)cc2c1Cl. The van der Waals surface area contributed by atoms with Gasteiger partial charge in [0.15, 0.2) is 5.82 Å². The lowest BCUT2D eigenvalue weighted by Gasteiger charge is -2.10. The molecule has 0 aliphatic heterocycles. The molecule has 20 heavy (non-hydrogen) atoms. The smallest absolute Gasteiger partial charge is 0.152 e. The summed E-state index contributed by atoms with van der Waals surface area (Å²) < 4.78 is 27.2. The van der Waals surface area contributed by atoms with E-state index in [4.69, 9.17) is 11.6 Å². The molecule has 0 unspecified atom stereocenters. The van der Waals surface area contributed by atoms with Gasteiger partial charge in [-0.25, -0.2) is 13.8 Å². The first-order valence-corrected chi connectivity index (χ1v) is 6.32. The highest BCUT2D eigenvalue weighted by molar-refractivity contribution is 6.36. The fraction of sp³-hybridized carbons (Fsp3) is 0.0667. The molecule has 2 heterocycles. The quantitative estimate of drug-likeness (QED) is 0.658. The van der Waals surface area contributed by atoms with Crippen molar-refractivity contribution in [3.05, 3.63) is 58.7 Å². The van der Waals surface area contributed by atoms with Crippen LogP contribution in [0.5, 0.6) is 0 Å². The molecule has 0 saturated carbocycles. The van der Waals surface area contributed by atoms with E-state index in [9.17, 15) is 8.78 Å². The maximum Gasteiger partial charge on any atom is 0.152 e. The van der Waals surface area contributed by atoms with E-state index >= 15 is 0 Å². The monoisotopic (exact) mass is 290 g/mol. The molecule has 0 radical (unpaired) electrons. The zero-order valence-corrected chi connectivity index (χ0v) is 11.2. The molecule has 0 amide bonds. The number of nitrogens with zero attached hydrogens (tertiary/aromatic N) is 2. The van der Waals surface area contributed by atoms with Gasteiger partial charge < -0.3 is 0 Å². The van der Waals surface area contributed by atoms with E-state index in [0.717, 1.165) is 6.07 Å². The third kappa shape index (κ3) is 2.02. The Balaban J connectivity index is 2.39. The molecule has 0 atom stereocenters. The Morgan fingerprint density at radius 2 is 1.95 bits per heavy atom. The van der Waals surface area contributed by atoms with Crippen LogP contribution in [-0.4, -0.2) is 9.97 Å². The van der Waals surface area contributed by atoms with Crippen molar-refractivity contribution in [1.82, 2.24) is 9.97 Å². The van der Waals surface area contributed by atoms with E-state index < -0.39 is 11.6 Å². The third-order valence-corrected chi connectivity index (χ3v) is 3.57. The van der Waals surface area contributed by atoms with Crippen LogP contribution in [0.2, 0.25) is 5.02 Å². The van der Waals surface area contributed by atoms with Crippen LogP contribution >= 0.6 is 11.6 Å². The first-order chi connectivity index (χ1) is 9.58. The lowest BCUT2D eigenvalue weighted by molar-refractivity contribution is 0.590. The minimum atomic E-state index is -0.737. The average molecular weight is 291 g/mol. The van der Waals surface area contributed by atoms with Crippen LogP contribution in [0.15, 0.2) is 36.5 Å². The van der Waals surface area contributed by atoms with E-state index in [-0.39, 0.29) is 15.9 Å². The molecule has 5 heteroatoms. The van der Waals surface area contributed by atoms with Crippen molar-refractivity contribution >= 4 is 22.5 Å². The third-order valence-electron chi connectivity index (χ3n) is 3.08. The number of hydrogen-bond donors (Lipinski definition) is 0. The van der Waals surface area contributed by atoms with E-state index in [2.05, 4.69) is 9.97 Å². The minimum Gasteiger partial charge on any atom is -0.255 e. The number of benzene rings is 1. The molecular weight excluding hydrogens is 282 g/mol. The van der Waals surface area contributed by atoms with Gasteiger partial charge in [-0.05, 0) is 30.7 Å². The average Bonchev–Trinajstić information content (AvgIpc) is 2.44. The summed E-state index contributed by atoms with van der Waals surface area (Å²) in [4.78, 5) is 8.45. The maximum atomic E-state index is 13.9. The molecule has 0 saturated heterocycles. The highest BCUT2D eigenvalue weighted by atomic mass is 35.5. The first-order valence-electron chi connectivity index (χ1n) is 5.94. The molecule has 0 bridgehead atoms. The summed E-state index contributed by atoms with van der Waals surface area (Å²) in [5.41, 5.74) is 1.77. The normalized spacial score (nSPS) is 11.0. The topological polar surface area (TPSA) is 25.8 Å². The van der Waals surface area contributed by atoms with Crippen LogP contribution in [0.4, 0.5) is 8.78 Å². The molecule has 2 aromatic heterocycles. The Bertz CT molecular complexity index is 804. The molecule has 100 valence electrons. The van der Waals surface area contributed by atoms with Gasteiger partial charge in [0.1, 0.15) is 11.3 Å². The molecule has 0 aliphatic rings. The number of pyridine rings is 2. The number of fused-ring (bicyclic) bond motifs is 1. The molecule has 0 fully saturated rings. The molecular formula is C15H9ClF2N2. The van der Waals surface area contributed by atoms with Gasteiger partial charge in [-0.1, -0.05) is 17.7 Å². The van der Waals surface area contributed by atoms with Crippen molar-refractivity contribution in [2.45, 2.75) is 6.92 Å². The Hall–Kier alpha value is -2.07. The first kappa shape index (κ1) is 12.9. The van der Waals surface area contributed by atoms with Crippen molar-refractivity contribution in [3.63, 3.8) is 0 Å². The van der Waals surface area contributed by atoms with Crippen molar-refractivity contribution in [3.8, 4) is 11.4 Å². The molecule has 2 nitrogen and oxygen atoms in total. The lowest BCUT2D eigenvalue weighted by Crippen LogP contribution is -1.96. The van der Waals surface area contributed by atoms with Gasteiger partial charge in [-0.15, -0.1) is 0 Å². The van der Waals surface area contributed by atoms with Crippen LogP contribution in [-0.2, 0) is 0 Å². The van der Waals surface area contributed by atoms with Gasteiger partial charge in [-0.3, -0.25) is 4.98 Å². The van der Waals surface area contributed by atoms with Gasteiger partial charge in [0.2, 0.25) is 0 Å². The standard InChI is InChI=1S/C15H9ClF2N2/c1-8-13(16)10-6-9(17)7-11(18)15(10)20-14(8)12-4-2-3-5-19-12/h2-7H,1H3. The summed E-state index contributed by atoms with van der Waals surface area (Å²) >= 11 is 6.22. The van der Waals surface area contributed by atoms with Gasteiger partial charge in [0.25, 0.3) is 0 Å². The van der Waals surface area contributed by atoms with Gasteiger partial charge >= 0.3 is 0 Å². The van der Waals surface area contributed by atoms with Crippen molar-refractivity contribution in [2.24, 2.45) is 0 Å². The maximum absolute atomic E-state index is 13.9. The number of halogens is 3. The summed E-state index contributed by atoms with van der Waals surface area (Å²) in [7, 11) is 0. The summed E-state index contributed by atoms with van der Waals surface area (Å²) in [6.45, 7) is 1.75. The van der Waals surface area contributed by atoms with Crippen LogP contribution in [0.1, 0.15) is 5.56 Å². The molecule has 1 aromatic carbocycles. The zero-order valence-electron chi connectivity index (χ0n) is 10.5. The summed E-state index contributed by atoms with van der Waals surface area (Å²) in [6.07, 6.45) is 1.62. The fourth-order valence-electron chi connectivity index (χ4n) is 2.10. The van der Waals surface area contributed by atoms with E-state index in [1.807, 2.05) is 6.07 Å². The predicted octanol–water partition coefficient (Wildman–Crippen LogP) is 4.54. The van der Waals surface area contributed by atoms with Crippen LogP contribution in [0.25, 0.3) is 22.3 Å². The molecule has 3 rings (SSSR count). The lowest BCUT2D eigenvalue weighted by atomic mass is 10.1. The van der Waals surface area contributed by atoms with Crippen molar-refractivity contribution in [2.75, 3.05) is 0 Å². The molecule has 0 N–H and O–H groups in total. The predicted molar refractivity (Wildman–Crippen MR) is 74.6 cm³/mol. The van der Waals surface area contributed by atoms with Gasteiger partial charge in [-0.2, -0.15) is 0 Å². The summed E-state index contributed by atoms with van der Waals surface area (Å²) in [5.74, 6) is -1.41. The number of hydrogen-bond acceptors (Lipinski definition) is 2. The van der Waals surface area contributed by atoms with Gasteiger partial charge in [0, 0.05) is 17.6 Å². The summed E-state index contributed by atoms with van der Waals surface area (Å²) in [6, 6.07) is 7.32. The Kier molecular flexibility index (Phi) is 3.10. The van der Waals surface area contributed by atoms with E-state index in [1.165, 1.54) is 6.07 Å². The highest BCUT2D eigenvalue weighted by Crippen LogP contribution is 2.33. The molecule has 0 spiro atoms. The molecule has 0 aliphatic carbocycles. The zero-order chi connectivity index (χ0) is 14.3. The Morgan fingerprint density at radius 1 is 1.15 bits per heavy atom. The summed E-state index contributed by atoms with van der Waals surface area (Å²) in [5, 5.41) is 0.551. The van der Waals surface area contributed by atoms with Crippen molar-refractivity contribution in [1.29, 1.82) is 0 Å². The van der Waals surface area contributed by atoms with Gasteiger partial charge in [0.05, 0.1) is 16.4 Å².